The SMILES string of the molecule is CCn1c(SCC(=O)Nc2nc(C)cs2)nnc1[C@H](NC(=O)c1cccc(C)c1)C(C)C. The van der Waals surface area contributed by atoms with Gasteiger partial charge in [0.25, 0.3) is 5.91 Å². The summed E-state index contributed by atoms with van der Waals surface area (Å²) in [6.45, 7) is 10.5. The molecule has 1 aromatic carbocycles. The second-order valence-corrected chi connectivity index (χ2v) is 9.58. The summed E-state index contributed by atoms with van der Waals surface area (Å²) in [6, 6.07) is 7.18. The Morgan fingerprint density at radius 3 is 2.62 bits per heavy atom. The number of benzene rings is 1. The monoisotopic (exact) mass is 472 g/mol. The van der Waals surface area contributed by atoms with E-state index in [1.54, 1.807) is 6.07 Å². The average molecular weight is 473 g/mol. The van der Waals surface area contributed by atoms with Gasteiger partial charge in [0.1, 0.15) is 0 Å². The zero-order valence-electron chi connectivity index (χ0n) is 18.9. The van der Waals surface area contributed by atoms with Crippen molar-refractivity contribution in [3.63, 3.8) is 0 Å². The molecule has 0 spiro atoms. The number of aryl methyl sites for hydroxylation is 2. The summed E-state index contributed by atoms with van der Waals surface area (Å²) in [5, 5.41) is 17.7. The number of anilines is 1. The van der Waals surface area contributed by atoms with E-state index in [2.05, 4.69) is 25.8 Å². The predicted molar refractivity (Wildman–Crippen MR) is 128 cm³/mol. The lowest BCUT2D eigenvalue weighted by Crippen LogP contribution is -2.33. The summed E-state index contributed by atoms with van der Waals surface area (Å²) >= 11 is 2.71. The van der Waals surface area contributed by atoms with E-state index >= 15 is 0 Å². The van der Waals surface area contributed by atoms with Crippen LogP contribution in [0.3, 0.4) is 0 Å². The molecule has 2 N–H and O–H groups in total. The minimum atomic E-state index is -0.308. The Morgan fingerprint density at radius 1 is 1.22 bits per heavy atom. The number of aromatic nitrogens is 4. The molecule has 0 aliphatic heterocycles. The highest BCUT2D eigenvalue weighted by Crippen LogP contribution is 2.26. The number of carbonyl (C=O) groups is 2. The average Bonchev–Trinajstić information content (AvgIpc) is 3.35. The zero-order valence-corrected chi connectivity index (χ0v) is 20.5. The molecule has 2 heterocycles. The van der Waals surface area contributed by atoms with Crippen molar-refractivity contribution in [2.75, 3.05) is 11.1 Å². The van der Waals surface area contributed by atoms with Crippen molar-refractivity contribution in [3.05, 3.63) is 52.3 Å². The van der Waals surface area contributed by atoms with Gasteiger partial charge in [0.15, 0.2) is 16.1 Å². The van der Waals surface area contributed by atoms with E-state index in [0.717, 1.165) is 11.3 Å². The van der Waals surface area contributed by atoms with Gasteiger partial charge >= 0.3 is 0 Å². The van der Waals surface area contributed by atoms with Gasteiger partial charge in [-0.1, -0.05) is 43.3 Å². The van der Waals surface area contributed by atoms with Crippen LogP contribution in [-0.4, -0.2) is 37.3 Å². The van der Waals surface area contributed by atoms with Crippen molar-refractivity contribution in [3.8, 4) is 0 Å². The molecule has 8 nitrogen and oxygen atoms in total. The Labute approximate surface area is 196 Å². The van der Waals surface area contributed by atoms with Crippen molar-refractivity contribution in [2.24, 2.45) is 5.92 Å². The lowest BCUT2D eigenvalue weighted by atomic mass is 10.0. The van der Waals surface area contributed by atoms with Gasteiger partial charge < -0.3 is 15.2 Å². The minimum Gasteiger partial charge on any atom is -0.342 e. The van der Waals surface area contributed by atoms with Gasteiger partial charge in [-0.2, -0.15) is 0 Å². The number of hydrogen-bond acceptors (Lipinski definition) is 7. The van der Waals surface area contributed by atoms with Gasteiger partial charge in [-0.15, -0.1) is 21.5 Å². The van der Waals surface area contributed by atoms with Crippen LogP contribution in [0.1, 0.15) is 54.3 Å². The van der Waals surface area contributed by atoms with E-state index in [-0.39, 0.29) is 29.5 Å². The van der Waals surface area contributed by atoms with E-state index in [1.807, 2.05) is 62.8 Å². The summed E-state index contributed by atoms with van der Waals surface area (Å²) in [5.74, 6) is 0.684. The highest BCUT2D eigenvalue weighted by atomic mass is 32.2. The number of carbonyl (C=O) groups excluding carboxylic acids is 2. The molecular formula is C22H28N6O2S2. The first-order valence-corrected chi connectivity index (χ1v) is 12.3. The summed E-state index contributed by atoms with van der Waals surface area (Å²) in [4.78, 5) is 29.4. The van der Waals surface area contributed by atoms with Crippen LogP contribution in [0.4, 0.5) is 5.13 Å². The number of hydrogen-bond donors (Lipinski definition) is 2. The third-order valence-electron chi connectivity index (χ3n) is 4.77. The lowest BCUT2D eigenvalue weighted by Gasteiger charge is -2.22. The first-order valence-electron chi connectivity index (χ1n) is 10.4. The van der Waals surface area contributed by atoms with Gasteiger partial charge in [0.05, 0.1) is 17.5 Å². The topological polar surface area (TPSA) is 102 Å². The molecule has 0 fully saturated rings. The van der Waals surface area contributed by atoms with Crippen molar-refractivity contribution in [2.45, 2.75) is 52.4 Å². The Kier molecular flexibility index (Phi) is 8.03. The van der Waals surface area contributed by atoms with Gasteiger partial charge in [0, 0.05) is 17.5 Å². The second-order valence-electron chi connectivity index (χ2n) is 7.78. The quantitative estimate of drug-likeness (QED) is 0.452. The molecule has 32 heavy (non-hydrogen) atoms. The third-order valence-corrected chi connectivity index (χ3v) is 6.61. The highest BCUT2D eigenvalue weighted by molar-refractivity contribution is 7.99. The number of thioether (sulfide) groups is 1. The first-order chi connectivity index (χ1) is 15.3. The molecule has 0 bridgehead atoms. The van der Waals surface area contributed by atoms with E-state index in [9.17, 15) is 9.59 Å². The van der Waals surface area contributed by atoms with Crippen LogP contribution in [0.5, 0.6) is 0 Å². The van der Waals surface area contributed by atoms with Crippen LogP contribution in [0.25, 0.3) is 0 Å². The fourth-order valence-electron chi connectivity index (χ4n) is 3.17. The Hall–Kier alpha value is -2.72. The number of amides is 2. The molecule has 0 aliphatic carbocycles. The van der Waals surface area contributed by atoms with E-state index in [0.29, 0.717) is 28.2 Å². The molecular weight excluding hydrogens is 444 g/mol. The number of nitrogens with zero attached hydrogens (tertiary/aromatic N) is 4. The van der Waals surface area contributed by atoms with Gasteiger partial charge in [-0.25, -0.2) is 4.98 Å². The van der Waals surface area contributed by atoms with E-state index in [1.165, 1.54) is 23.1 Å². The molecule has 2 amide bonds. The normalized spacial score (nSPS) is 12.1. The third kappa shape index (κ3) is 5.95. The van der Waals surface area contributed by atoms with Crippen LogP contribution in [0, 0.1) is 19.8 Å². The van der Waals surface area contributed by atoms with Crippen LogP contribution >= 0.6 is 23.1 Å². The number of rotatable bonds is 9. The minimum absolute atomic E-state index is 0.104. The molecule has 2 aromatic heterocycles. The maximum Gasteiger partial charge on any atom is 0.251 e. The molecule has 0 unspecified atom stereocenters. The Bertz CT molecular complexity index is 1090. The molecule has 0 saturated heterocycles. The molecule has 3 rings (SSSR count). The molecule has 0 radical (unpaired) electrons. The smallest absolute Gasteiger partial charge is 0.251 e. The van der Waals surface area contributed by atoms with Crippen LogP contribution < -0.4 is 10.6 Å². The molecule has 170 valence electrons. The van der Waals surface area contributed by atoms with Gasteiger partial charge in [0.2, 0.25) is 5.91 Å². The van der Waals surface area contributed by atoms with Crippen molar-refractivity contribution in [1.82, 2.24) is 25.1 Å². The van der Waals surface area contributed by atoms with Crippen molar-refractivity contribution < 1.29 is 9.59 Å². The summed E-state index contributed by atoms with van der Waals surface area (Å²) in [5.41, 5.74) is 2.52. The maximum atomic E-state index is 12.9. The summed E-state index contributed by atoms with van der Waals surface area (Å²) in [6.07, 6.45) is 0. The fraction of sp³-hybridized carbons (Fsp3) is 0.409. The highest BCUT2D eigenvalue weighted by Gasteiger charge is 2.26. The Morgan fingerprint density at radius 2 is 2.00 bits per heavy atom. The zero-order chi connectivity index (χ0) is 23.3. The van der Waals surface area contributed by atoms with Gasteiger partial charge in [-0.3, -0.25) is 9.59 Å². The largest absolute Gasteiger partial charge is 0.342 e. The number of thiazole rings is 1. The fourth-order valence-corrected chi connectivity index (χ4v) is 4.68. The molecule has 1 atom stereocenters. The Balaban J connectivity index is 1.71. The van der Waals surface area contributed by atoms with Crippen LogP contribution in [0.2, 0.25) is 0 Å². The van der Waals surface area contributed by atoms with E-state index < -0.39 is 0 Å². The lowest BCUT2D eigenvalue weighted by molar-refractivity contribution is -0.113. The van der Waals surface area contributed by atoms with Crippen LogP contribution in [0.15, 0.2) is 34.8 Å². The van der Waals surface area contributed by atoms with Gasteiger partial charge in [-0.05, 0) is 38.8 Å². The van der Waals surface area contributed by atoms with Crippen molar-refractivity contribution in [1.29, 1.82) is 0 Å². The van der Waals surface area contributed by atoms with Crippen molar-refractivity contribution >= 4 is 40.0 Å². The molecule has 3 aromatic rings. The summed E-state index contributed by atoms with van der Waals surface area (Å²) in [7, 11) is 0. The molecule has 0 saturated carbocycles. The standard InChI is InChI=1S/C22H28N6O2S2/c1-6-28-19(18(13(2)3)25-20(30)16-9-7-8-14(4)10-16)26-27-22(28)32-12-17(29)24-21-23-15(5)11-31-21/h7-11,13,18H,6,12H2,1-5H3,(H,25,30)(H,23,24,29)/t18-/m1/s1. The predicted octanol–water partition coefficient (Wildman–Crippen LogP) is 4.23. The van der Waals surface area contributed by atoms with E-state index in [4.69, 9.17) is 0 Å². The van der Waals surface area contributed by atoms with Crippen LogP contribution in [-0.2, 0) is 11.3 Å². The summed E-state index contributed by atoms with van der Waals surface area (Å²) < 4.78 is 1.95. The molecule has 10 heteroatoms. The number of nitrogens with one attached hydrogen (secondary N) is 2. The second kappa shape index (κ2) is 10.7. The maximum absolute atomic E-state index is 12.9. The first kappa shape index (κ1) is 23.9. The molecule has 0 aliphatic rings.